The zero-order valence-corrected chi connectivity index (χ0v) is 13.2. The van der Waals surface area contributed by atoms with Crippen LogP contribution in [-0.4, -0.2) is 5.11 Å². The Kier molecular flexibility index (Phi) is 5.86. The third kappa shape index (κ3) is 4.10. The molecule has 0 fully saturated rings. The minimum atomic E-state index is 0.409. The molecular weight excluding hydrogens is 256 g/mol. The monoisotopic (exact) mass is 282 g/mol. The molecule has 112 valence electrons. The number of aromatic hydroxyl groups is 1. The number of phenols is 1. The van der Waals surface area contributed by atoms with Crippen LogP contribution in [-0.2, 0) is 12.8 Å². The van der Waals surface area contributed by atoms with Crippen molar-refractivity contribution < 1.29 is 5.11 Å². The molecule has 2 aromatic rings. The summed E-state index contributed by atoms with van der Waals surface area (Å²) in [6, 6.07) is 14.5. The molecule has 1 heteroatoms. The largest absolute Gasteiger partial charge is 0.508 e. The number of hydrogen-bond acceptors (Lipinski definition) is 1. The molecule has 0 aliphatic rings. The quantitative estimate of drug-likeness (QED) is 0.686. The van der Waals surface area contributed by atoms with Crippen LogP contribution < -0.4 is 0 Å². The maximum absolute atomic E-state index is 10.1. The molecule has 2 rings (SSSR count). The van der Waals surface area contributed by atoms with Crippen molar-refractivity contribution in [3.05, 3.63) is 53.6 Å². The Bertz CT molecular complexity index is 528. The molecule has 0 aliphatic carbocycles. The second-order valence-electron chi connectivity index (χ2n) is 5.71. The van der Waals surface area contributed by atoms with Crippen LogP contribution in [0.2, 0.25) is 0 Å². The van der Waals surface area contributed by atoms with Gasteiger partial charge in [-0.1, -0.05) is 57.0 Å². The van der Waals surface area contributed by atoms with Crippen molar-refractivity contribution in [2.45, 2.75) is 52.4 Å². The van der Waals surface area contributed by atoms with E-state index in [1.54, 1.807) is 0 Å². The van der Waals surface area contributed by atoms with E-state index in [4.69, 9.17) is 0 Å². The van der Waals surface area contributed by atoms with E-state index in [-0.39, 0.29) is 0 Å². The number of benzene rings is 2. The minimum absolute atomic E-state index is 0.409. The van der Waals surface area contributed by atoms with E-state index in [0.29, 0.717) is 5.75 Å². The lowest BCUT2D eigenvalue weighted by atomic mass is 9.89. The molecule has 1 N–H and O–H groups in total. The van der Waals surface area contributed by atoms with E-state index >= 15 is 0 Å². The van der Waals surface area contributed by atoms with Crippen LogP contribution in [0.4, 0.5) is 0 Å². The summed E-state index contributed by atoms with van der Waals surface area (Å²) in [7, 11) is 0. The van der Waals surface area contributed by atoms with Gasteiger partial charge in [0.2, 0.25) is 0 Å². The summed E-state index contributed by atoms with van der Waals surface area (Å²) in [5, 5.41) is 10.1. The highest BCUT2D eigenvalue weighted by atomic mass is 16.3. The average molecular weight is 282 g/mol. The third-order valence-electron chi connectivity index (χ3n) is 3.95. The average Bonchev–Trinajstić information content (AvgIpc) is 2.51. The first-order valence-corrected chi connectivity index (χ1v) is 8.16. The molecule has 0 aliphatic heterocycles. The summed E-state index contributed by atoms with van der Waals surface area (Å²) < 4.78 is 0. The van der Waals surface area contributed by atoms with Crippen molar-refractivity contribution in [3.63, 3.8) is 0 Å². The zero-order chi connectivity index (χ0) is 15.1. The summed E-state index contributed by atoms with van der Waals surface area (Å²) in [5.41, 5.74) is 5.19. The number of unbranched alkanes of at least 4 members (excludes halogenated alkanes) is 2. The van der Waals surface area contributed by atoms with Crippen molar-refractivity contribution in [1.29, 1.82) is 0 Å². The molecule has 0 spiro atoms. The van der Waals surface area contributed by atoms with Crippen LogP contribution >= 0.6 is 0 Å². The molecular formula is C20H26O. The van der Waals surface area contributed by atoms with E-state index in [1.165, 1.54) is 35.1 Å². The van der Waals surface area contributed by atoms with Gasteiger partial charge in [-0.05, 0) is 60.1 Å². The van der Waals surface area contributed by atoms with E-state index < -0.39 is 0 Å². The Morgan fingerprint density at radius 1 is 0.810 bits per heavy atom. The maximum atomic E-state index is 10.1. The van der Waals surface area contributed by atoms with Gasteiger partial charge < -0.3 is 5.11 Å². The predicted octanol–water partition coefficient (Wildman–Crippen LogP) is 5.74. The van der Waals surface area contributed by atoms with Crippen LogP contribution in [0.1, 0.15) is 50.7 Å². The number of phenolic OH excluding ortho intramolecular Hbond substituents is 1. The van der Waals surface area contributed by atoms with Crippen molar-refractivity contribution in [2.75, 3.05) is 0 Å². The molecule has 0 radical (unpaired) electrons. The Morgan fingerprint density at radius 3 is 1.81 bits per heavy atom. The first-order valence-electron chi connectivity index (χ1n) is 8.16. The Morgan fingerprint density at radius 2 is 1.33 bits per heavy atom. The van der Waals surface area contributed by atoms with Crippen LogP contribution in [0.5, 0.6) is 5.75 Å². The van der Waals surface area contributed by atoms with Crippen molar-refractivity contribution in [2.24, 2.45) is 0 Å². The second kappa shape index (κ2) is 7.87. The van der Waals surface area contributed by atoms with Gasteiger partial charge in [0.25, 0.3) is 0 Å². The lowest BCUT2D eigenvalue weighted by molar-refractivity contribution is 0.473. The van der Waals surface area contributed by atoms with Crippen LogP contribution in [0, 0.1) is 0 Å². The second-order valence-corrected chi connectivity index (χ2v) is 5.71. The third-order valence-corrected chi connectivity index (χ3v) is 3.95. The van der Waals surface area contributed by atoms with E-state index in [9.17, 15) is 5.11 Å². The predicted molar refractivity (Wildman–Crippen MR) is 90.8 cm³/mol. The van der Waals surface area contributed by atoms with E-state index in [0.717, 1.165) is 25.7 Å². The van der Waals surface area contributed by atoms with E-state index in [1.807, 2.05) is 12.1 Å². The molecule has 1 nitrogen and oxygen atoms in total. The Balaban J connectivity index is 2.49. The van der Waals surface area contributed by atoms with Crippen LogP contribution in [0.15, 0.2) is 42.5 Å². The fraction of sp³-hybridized carbons (Fsp3) is 0.400. The van der Waals surface area contributed by atoms with Gasteiger partial charge in [0.15, 0.2) is 0 Å². The highest BCUT2D eigenvalue weighted by Gasteiger charge is 2.12. The van der Waals surface area contributed by atoms with Gasteiger partial charge in [0, 0.05) is 0 Å². The smallest absolute Gasteiger partial charge is 0.116 e. The molecule has 0 aromatic heterocycles. The lowest BCUT2D eigenvalue weighted by Crippen LogP contribution is -1.97. The number of hydrogen-bond donors (Lipinski definition) is 1. The highest BCUT2D eigenvalue weighted by Crippen LogP contribution is 2.33. The van der Waals surface area contributed by atoms with Gasteiger partial charge in [0.1, 0.15) is 5.75 Å². The molecule has 0 unspecified atom stereocenters. The molecule has 0 saturated carbocycles. The number of aryl methyl sites for hydroxylation is 2. The minimum Gasteiger partial charge on any atom is -0.508 e. The topological polar surface area (TPSA) is 20.2 Å². The molecule has 0 saturated heterocycles. The fourth-order valence-electron chi connectivity index (χ4n) is 2.85. The standard InChI is InChI=1S/C20H26O/c1-3-5-10-17-14-19(21)15-18(11-6-4-2)20(17)16-12-8-7-9-13-16/h7-9,12-15,21H,3-6,10-11H2,1-2H3. The van der Waals surface area contributed by atoms with Crippen molar-refractivity contribution in [3.8, 4) is 16.9 Å². The molecule has 0 heterocycles. The maximum Gasteiger partial charge on any atom is 0.116 e. The first kappa shape index (κ1) is 15.6. The van der Waals surface area contributed by atoms with Gasteiger partial charge >= 0.3 is 0 Å². The van der Waals surface area contributed by atoms with Crippen molar-refractivity contribution in [1.82, 2.24) is 0 Å². The van der Waals surface area contributed by atoms with Gasteiger partial charge in [-0.2, -0.15) is 0 Å². The highest BCUT2D eigenvalue weighted by molar-refractivity contribution is 5.72. The Hall–Kier alpha value is -1.76. The molecule has 0 bridgehead atoms. The molecule has 2 aromatic carbocycles. The summed E-state index contributed by atoms with van der Waals surface area (Å²) in [6.07, 6.45) is 6.75. The SMILES string of the molecule is CCCCc1cc(O)cc(CCCC)c1-c1ccccc1. The Labute approximate surface area is 128 Å². The van der Waals surface area contributed by atoms with Crippen LogP contribution in [0.3, 0.4) is 0 Å². The normalized spacial score (nSPS) is 10.8. The molecule has 0 atom stereocenters. The molecule has 0 amide bonds. The first-order chi connectivity index (χ1) is 10.3. The summed E-state index contributed by atoms with van der Waals surface area (Å²) in [4.78, 5) is 0. The summed E-state index contributed by atoms with van der Waals surface area (Å²) in [6.45, 7) is 4.42. The zero-order valence-electron chi connectivity index (χ0n) is 13.2. The lowest BCUT2D eigenvalue weighted by Gasteiger charge is -2.16. The van der Waals surface area contributed by atoms with Gasteiger partial charge in [-0.25, -0.2) is 0 Å². The molecule has 21 heavy (non-hydrogen) atoms. The van der Waals surface area contributed by atoms with Crippen LogP contribution in [0.25, 0.3) is 11.1 Å². The van der Waals surface area contributed by atoms with Gasteiger partial charge in [0.05, 0.1) is 0 Å². The number of rotatable bonds is 7. The fourth-order valence-corrected chi connectivity index (χ4v) is 2.85. The summed E-state index contributed by atoms with van der Waals surface area (Å²) in [5.74, 6) is 0.409. The van der Waals surface area contributed by atoms with Crippen molar-refractivity contribution >= 4 is 0 Å². The van der Waals surface area contributed by atoms with E-state index in [2.05, 4.69) is 44.2 Å². The summed E-state index contributed by atoms with van der Waals surface area (Å²) >= 11 is 0. The van der Waals surface area contributed by atoms with Gasteiger partial charge in [-0.3, -0.25) is 0 Å². The van der Waals surface area contributed by atoms with Gasteiger partial charge in [-0.15, -0.1) is 0 Å².